The average Bonchev–Trinajstić information content (AvgIpc) is 2.63. The summed E-state index contributed by atoms with van der Waals surface area (Å²) in [5.41, 5.74) is 1.85. The van der Waals surface area contributed by atoms with Gasteiger partial charge in [-0.25, -0.2) is 13.2 Å². The molecule has 6 nitrogen and oxygen atoms in total. The van der Waals surface area contributed by atoms with Crippen LogP contribution in [0.3, 0.4) is 0 Å². The number of ether oxygens (including phenoxy) is 2. The van der Waals surface area contributed by atoms with E-state index in [4.69, 9.17) is 9.47 Å². The van der Waals surface area contributed by atoms with E-state index in [0.717, 1.165) is 11.8 Å². The predicted octanol–water partition coefficient (Wildman–Crippen LogP) is 4.47. The number of sulfone groups is 1. The standard InChI is InChI=1S/C23H27NO5S/c1-15(2)18-9-8-17(30(6,26)27)12-19(18)20-11-16(13-24)7-10-21(20)28-14-22(25)29-23(3,4)5/h7-12,15H,14H2,1-6H3. The van der Waals surface area contributed by atoms with Crippen molar-refractivity contribution < 1.29 is 22.7 Å². The Morgan fingerprint density at radius 1 is 1.10 bits per heavy atom. The number of hydrogen-bond donors (Lipinski definition) is 0. The van der Waals surface area contributed by atoms with Crippen molar-refractivity contribution in [3.05, 3.63) is 47.5 Å². The summed E-state index contributed by atoms with van der Waals surface area (Å²) in [6.45, 7) is 8.98. The lowest BCUT2D eigenvalue weighted by Gasteiger charge is -2.21. The van der Waals surface area contributed by atoms with Gasteiger partial charge < -0.3 is 9.47 Å². The van der Waals surface area contributed by atoms with Crippen molar-refractivity contribution in [3.63, 3.8) is 0 Å². The molecular formula is C23H27NO5S. The Morgan fingerprint density at radius 2 is 1.77 bits per heavy atom. The van der Waals surface area contributed by atoms with E-state index in [0.29, 0.717) is 22.4 Å². The molecule has 0 aliphatic heterocycles. The Bertz CT molecular complexity index is 1090. The average molecular weight is 430 g/mol. The Kier molecular flexibility index (Phi) is 6.94. The SMILES string of the molecule is CC(C)c1ccc(S(C)(=O)=O)cc1-c1cc(C#N)ccc1OCC(=O)OC(C)(C)C. The van der Waals surface area contributed by atoms with E-state index in [1.807, 2.05) is 13.8 Å². The number of rotatable bonds is 6. The summed E-state index contributed by atoms with van der Waals surface area (Å²) in [6.07, 6.45) is 1.15. The van der Waals surface area contributed by atoms with Crippen LogP contribution in [0.15, 0.2) is 41.3 Å². The summed E-state index contributed by atoms with van der Waals surface area (Å²) in [6, 6.07) is 11.8. The molecule has 30 heavy (non-hydrogen) atoms. The van der Waals surface area contributed by atoms with E-state index in [-0.39, 0.29) is 17.4 Å². The predicted molar refractivity (Wildman–Crippen MR) is 115 cm³/mol. The molecule has 7 heteroatoms. The number of carbonyl (C=O) groups excluding carboxylic acids is 1. The number of benzene rings is 2. The molecule has 0 saturated carbocycles. The largest absolute Gasteiger partial charge is 0.481 e. The van der Waals surface area contributed by atoms with Gasteiger partial charge in [-0.15, -0.1) is 0 Å². The molecule has 0 aliphatic rings. The first-order valence-electron chi connectivity index (χ1n) is 9.55. The van der Waals surface area contributed by atoms with Crippen LogP contribution in [0.2, 0.25) is 0 Å². The lowest BCUT2D eigenvalue weighted by atomic mass is 9.91. The summed E-state index contributed by atoms with van der Waals surface area (Å²) in [5.74, 6) is -0.0581. The summed E-state index contributed by atoms with van der Waals surface area (Å²) >= 11 is 0. The molecule has 0 unspecified atom stereocenters. The summed E-state index contributed by atoms with van der Waals surface area (Å²) in [4.78, 5) is 12.3. The smallest absolute Gasteiger partial charge is 0.344 e. The Morgan fingerprint density at radius 3 is 2.30 bits per heavy atom. The monoisotopic (exact) mass is 429 g/mol. The number of carbonyl (C=O) groups is 1. The maximum Gasteiger partial charge on any atom is 0.344 e. The second kappa shape index (κ2) is 8.88. The maximum absolute atomic E-state index is 12.1. The Labute approximate surface area is 178 Å². The molecule has 0 aromatic heterocycles. The molecule has 0 amide bonds. The maximum atomic E-state index is 12.1. The zero-order valence-corrected chi connectivity index (χ0v) is 19.0. The lowest BCUT2D eigenvalue weighted by Crippen LogP contribution is -2.27. The second-order valence-corrected chi connectivity index (χ2v) is 10.4. The van der Waals surface area contributed by atoms with Crippen LogP contribution < -0.4 is 4.74 Å². The Balaban J connectivity index is 2.57. The van der Waals surface area contributed by atoms with Crippen LogP contribution in [0, 0.1) is 11.3 Å². The van der Waals surface area contributed by atoms with Gasteiger partial charge in [0.2, 0.25) is 0 Å². The van der Waals surface area contributed by atoms with Crippen LogP contribution in [0.25, 0.3) is 11.1 Å². The molecule has 2 aromatic rings. The molecule has 2 aromatic carbocycles. The van der Waals surface area contributed by atoms with Crippen molar-refractivity contribution in [2.45, 2.75) is 51.0 Å². The topological polar surface area (TPSA) is 93.5 Å². The normalized spacial score (nSPS) is 11.8. The molecule has 2 rings (SSSR count). The number of nitriles is 1. The number of hydrogen-bond acceptors (Lipinski definition) is 6. The van der Waals surface area contributed by atoms with Crippen LogP contribution >= 0.6 is 0 Å². The fourth-order valence-electron chi connectivity index (χ4n) is 2.95. The zero-order valence-electron chi connectivity index (χ0n) is 18.1. The van der Waals surface area contributed by atoms with Gasteiger partial charge in [0, 0.05) is 11.8 Å². The van der Waals surface area contributed by atoms with E-state index in [1.165, 1.54) is 0 Å². The molecule has 0 bridgehead atoms. The summed E-state index contributed by atoms with van der Waals surface area (Å²) < 4.78 is 35.2. The summed E-state index contributed by atoms with van der Waals surface area (Å²) in [5, 5.41) is 9.35. The van der Waals surface area contributed by atoms with Crippen molar-refractivity contribution in [2.75, 3.05) is 12.9 Å². The van der Waals surface area contributed by atoms with E-state index in [9.17, 15) is 18.5 Å². The van der Waals surface area contributed by atoms with Gasteiger partial charge in [0.1, 0.15) is 11.4 Å². The van der Waals surface area contributed by atoms with Crippen molar-refractivity contribution >= 4 is 15.8 Å². The highest BCUT2D eigenvalue weighted by Gasteiger charge is 2.20. The third-order valence-electron chi connectivity index (χ3n) is 4.24. The third-order valence-corrected chi connectivity index (χ3v) is 5.35. The van der Waals surface area contributed by atoms with Crippen LogP contribution in [-0.4, -0.2) is 32.9 Å². The minimum absolute atomic E-state index is 0.0954. The van der Waals surface area contributed by atoms with Crippen LogP contribution in [0.5, 0.6) is 5.75 Å². The quantitative estimate of drug-likeness (QED) is 0.629. The first-order chi connectivity index (χ1) is 13.8. The fraction of sp³-hybridized carbons (Fsp3) is 0.391. The highest BCUT2D eigenvalue weighted by atomic mass is 32.2. The zero-order chi connectivity index (χ0) is 22.7. The summed E-state index contributed by atoms with van der Waals surface area (Å²) in [7, 11) is -3.43. The van der Waals surface area contributed by atoms with Gasteiger partial charge >= 0.3 is 5.97 Å². The lowest BCUT2D eigenvalue weighted by molar-refractivity contribution is -0.157. The molecule has 0 heterocycles. The molecule has 0 radical (unpaired) electrons. The van der Waals surface area contributed by atoms with Crippen molar-refractivity contribution in [1.82, 2.24) is 0 Å². The van der Waals surface area contributed by atoms with Crippen LogP contribution in [0.1, 0.15) is 51.7 Å². The van der Waals surface area contributed by atoms with Crippen molar-refractivity contribution in [1.29, 1.82) is 5.26 Å². The molecule has 0 aliphatic carbocycles. The van der Waals surface area contributed by atoms with Gasteiger partial charge in [-0.3, -0.25) is 0 Å². The molecule has 0 fully saturated rings. The molecule has 160 valence electrons. The van der Waals surface area contributed by atoms with Crippen molar-refractivity contribution in [3.8, 4) is 22.9 Å². The second-order valence-electron chi connectivity index (χ2n) is 8.37. The first kappa shape index (κ1) is 23.4. The number of esters is 1. The van der Waals surface area contributed by atoms with Crippen LogP contribution in [0.4, 0.5) is 0 Å². The fourth-order valence-corrected chi connectivity index (χ4v) is 3.59. The van der Waals surface area contributed by atoms with Gasteiger partial charge in [-0.2, -0.15) is 5.26 Å². The van der Waals surface area contributed by atoms with Gasteiger partial charge in [0.05, 0.1) is 16.5 Å². The van der Waals surface area contributed by atoms with Crippen LogP contribution in [-0.2, 0) is 19.4 Å². The highest BCUT2D eigenvalue weighted by Crippen LogP contribution is 2.37. The molecule has 0 N–H and O–H groups in total. The highest BCUT2D eigenvalue weighted by molar-refractivity contribution is 7.90. The first-order valence-corrected chi connectivity index (χ1v) is 11.4. The minimum Gasteiger partial charge on any atom is -0.481 e. The van der Waals surface area contributed by atoms with Crippen molar-refractivity contribution in [2.24, 2.45) is 0 Å². The molecule has 0 atom stereocenters. The molecule has 0 spiro atoms. The van der Waals surface area contributed by atoms with Gasteiger partial charge in [0.15, 0.2) is 16.4 Å². The van der Waals surface area contributed by atoms with Gasteiger partial charge in [-0.05, 0) is 68.1 Å². The minimum atomic E-state index is -3.43. The van der Waals surface area contributed by atoms with Gasteiger partial charge in [-0.1, -0.05) is 19.9 Å². The van der Waals surface area contributed by atoms with E-state index in [2.05, 4.69) is 6.07 Å². The molecule has 0 saturated heterocycles. The van der Waals surface area contributed by atoms with Gasteiger partial charge in [0.25, 0.3) is 0 Å². The third kappa shape index (κ3) is 6.07. The van der Waals surface area contributed by atoms with E-state index < -0.39 is 21.4 Å². The van der Waals surface area contributed by atoms with E-state index >= 15 is 0 Å². The molecular weight excluding hydrogens is 402 g/mol. The number of nitrogens with zero attached hydrogens (tertiary/aromatic N) is 1. The Hall–Kier alpha value is -2.85. The van der Waals surface area contributed by atoms with E-state index in [1.54, 1.807) is 57.2 Å².